The molecule has 1 aromatic carbocycles. The minimum Gasteiger partial charge on any atom is -0.326 e. The summed E-state index contributed by atoms with van der Waals surface area (Å²) >= 11 is 0. The van der Waals surface area contributed by atoms with Gasteiger partial charge in [-0.25, -0.2) is 0 Å². The molecule has 0 radical (unpaired) electrons. The van der Waals surface area contributed by atoms with Crippen LogP contribution in [0.15, 0.2) is 30.5 Å². The third-order valence-corrected chi connectivity index (χ3v) is 3.84. The lowest BCUT2D eigenvalue weighted by Gasteiger charge is -2.32. The van der Waals surface area contributed by atoms with Crippen LogP contribution in [-0.2, 0) is 17.3 Å². The molecular formula is C16H18N4O2. The van der Waals surface area contributed by atoms with Gasteiger partial charge in [0.1, 0.15) is 0 Å². The summed E-state index contributed by atoms with van der Waals surface area (Å²) in [5.41, 5.74) is 2.00. The van der Waals surface area contributed by atoms with Crippen LogP contribution in [0, 0.1) is 0 Å². The molecule has 0 saturated heterocycles. The number of aromatic nitrogens is 2. The van der Waals surface area contributed by atoms with Gasteiger partial charge in [-0.2, -0.15) is 5.10 Å². The fourth-order valence-electron chi connectivity index (χ4n) is 2.72. The van der Waals surface area contributed by atoms with Gasteiger partial charge in [0, 0.05) is 42.4 Å². The van der Waals surface area contributed by atoms with Gasteiger partial charge in [-0.15, -0.1) is 0 Å². The third kappa shape index (κ3) is 2.59. The average Bonchev–Trinajstić information content (AvgIpc) is 2.82. The summed E-state index contributed by atoms with van der Waals surface area (Å²) in [5, 5.41) is 9.74. The number of hydrogen-bond donors (Lipinski definition) is 2. The van der Waals surface area contributed by atoms with E-state index < -0.39 is 0 Å². The van der Waals surface area contributed by atoms with Crippen LogP contribution in [0.4, 0.5) is 11.5 Å². The van der Waals surface area contributed by atoms with E-state index in [0.717, 1.165) is 11.3 Å². The molecule has 0 unspecified atom stereocenters. The van der Waals surface area contributed by atoms with Gasteiger partial charge in [-0.3, -0.25) is 14.3 Å². The van der Waals surface area contributed by atoms with E-state index >= 15 is 0 Å². The molecule has 0 spiro atoms. The molecule has 0 aliphatic carbocycles. The van der Waals surface area contributed by atoms with Crippen LogP contribution in [-0.4, -0.2) is 21.6 Å². The molecule has 3 rings (SSSR count). The van der Waals surface area contributed by atoms with Crippen LogP contribution in [0.2, 0.25) is 0 Å². The van der Waals surface area contributed by atoms with Crippen LogP contribution in [0.3, 0.4) is 0 Å². The fourth-order valence-corrected chi connectivity index (χ4v) is 2.72. The Morgan fingerprint density at radius 2 is 2.14 bits per heavy atom. The average molecular weight is 298 g/mol. The zero-order chi connectivity index (χ0) is 15.9. The number of nitrogens with one attached hydrogen (secondary N) is 2. The van der Waals surface area contributed by atoms with E-state index in [4.69, 9.17) is 0 Å². The molecule has 22 heavy (non-hydrogen) atoms. The highest BCUT2D eigenvalue weighted by Crippen LogP contribution is 2.37. The maximum atomic E-state index is 12.3. The Bertz CT molecular complexity index is 761. The normalized spacial score (nSPS) is 15.9. The van der Waals surface area contributed by atoms with Crippen molar-refractivity contribution in [1.82, 2.24) is 9.78 Å². The standard InChI is InChI=1S/C16H18N4O2/c1-16(2)9-14(21)17-12-5-4-10(8-11(12)16)15(22)18-13-6-7-20(3)19-13/h4-8H,9H2,1-3H3,(H,17,21)(H,18,19,22). The van der Waals surface area contributed by atoms with Crippen molar-refractivity contribution in [2.24, 2.45) is 7.05 Å². The van der Waals surface area contributed by atoms with E-state index in [1.807, 2.05) is 19.9 Å². The smallest absolute Gasteiger partial charge is 0.256 e. The Balaban J connectivity index is 1.90. The third-order valence-electron chi connectivity index (χ3n) is 3.84. The molecule has 0 saturated carbocycles. The number of carbonyl (C=O) groups excluding carboxylic acids is 2. The molecule has 0 fully saturated rings. The van der Waals surface area contributed by atoms with Crippen molar-refractivity contribution in [3.8, 4) is 0 Å². The maximum absolute atomic E-state index is 12.3. The summed E-state index contributed by atoms with van der Waals surface area (Å²) in [5.74, 6) is 0.301. The number of amides is 2. The fraction of sp³-hybridized carbons (Fsp3) is 0.312. The Morgan fingerprint density at radius 1 is 1.36 bits per heavy atom. The molecule has 0 bridgehead atoms. The molecule has 1 aromatic heterocycles. The largest absolute Gasteiger partial charge is 0.326 e. The molecule has 2 aromatic rings. The van der Waals surface area contributed by atoms with Crippen molar-refractivity contribution in [3.63, 3.8) is 0 Å². The van der Waals surface area contributed by atoms with E-state index in [-0.39, 0.29) is 17.2 Å². The minimum absolute atomic E-state index is 0.00295. The Kier molecular flexibility index (Phi) is 3.24. The first kappa shape index (κ1) is 14.3. The van der Waals surface area contributed by atoms with Crippen molar-refractivity contribution in [3.05, 3.63) is 41.6 Å². The van der Waals surface area contributed by atoms with Gasteiger partial charge in [-0.1, -0.05) is 13.8 Å². The first-order chi connectivity index (χ1) is 10.3. The summed E-state index contributed by atoms with van der Waals surface area (Å²) in [4.78, 5) is 24.0. The molecule has 2 heterocycles. The van der Waals surface area contributed by atoms with Crippen LogP contribution in [0.1, 0.15) is 36.2 Å². The Hall–Kier alpha value is -2.63. The Labute approximate surface area is 128 Å². The lowest BCUT2D eigenvalue weighted by atomic mass is 9.77. The molecule has 114 valence electrons. The molecular weight excluding hydrogens is 280 g/mol. The van der Waals surface area contributed by atoms with E-state index in [1.54, 1.807) is 36.1 Å². The molecule has 2 N–H and O–H groups in total. The monoisotopic (exact) mass is 298 g/mol. The van der Waals surface area contributed by atoms with Crippen LogP contribution in [0.25, 0.3) is 0 Å². The van der Waals surface area contributed by atoms with Gasteiger partial charge in [-0.05, 0) is 23.8 Å². The summed E-state index contributed by atoms with van der Waals surface area (Å²) in [6.07, 6.45) is 2.17. The number of anilines is 2. The number of hydrogen-bond acceptors (Lipinski definition) is 3. The second kappa shape index (κ2) is 4.98. The number of carbonyl (C=O) groups is 2. The summed E-state index contributed by atoms with van der Waals surface area (Å²) < 4.78 is 1.63. The summed E-state index contributed by atoms with van der Waals surface area (Å²) in [6, 6.07) is 7.06. The number of fused-ring (bicyclic) bond motifs is 1. The van der Waals surface area contributed by atoms with Crippen molar-refractivity contribution in [2.45, 2.75) is 25.7 Å². The SMILES string of the molecule is Cn1ccc(NC(=O)c2ccc3c(c2)C(C)(C)CC(=O)N3)n1. The van der Waals surface area contributed by atoms with Crippen molar-refractivity contribution >= 4 is 23.3 Å². The summed E-state index contributed by atoms with van der Waals surface area (Å²) in [7, 11) is 1.79. The van der Waals surface area contributed by atoms with Crippen molar-refractivity contribution in [2.75, 3.05) is 10.6 Å². The van der Waals surface area contributed by atoms with E-state index in [2.05, 4.69) is 15.7 Å². The molecule has 6 heteroatoms. The summed E-state index contributed by atoms with van der Waals surface area (Å²) in [6.45, 7) is 4.01. The second-order valence-corrected chi connectivity index (χ2v) is 6.20. The van der Waals surface area contributed by atoms with Crippen molar-refractivity contribution in [1.29, 1.82) is 0 Å². The minimum atomic E-state index is -0.293. The molecule has 2 amide bonds. The topological polar surface area (TPSA) is 76.0 Å². The molecule has 6 nitrogen and oxygen atoms in total. The Morgan fingerprint density at radius 3 is 2.82 bits per heavy atom. The van der Waals surface area contributed by atoms with Gasteiger partial charge in [0.25, 0.3) is 5.91 Å². The van der Waals surface area contributed by atoms with Gasteiger partial charge in [0.15, 0.2) is 5.82 Å². The zero-order valence-electron chi connectivity index (χ0n) is 12.8. The molecule has 0 atom stereocenters. The molecule has 1 aliphatic rings. The van der Waals surface area contributed by atoms with Gasteiger partial charge in [0.2, 0.25) is 5.91 Å². The quantitative estimate of drug-likeness (QED) is 0.893. The predicted octanol–water partition coefficient (Wildman–Crippen LogP) is 2.29. The maximum Gasteiger partial charge on any atom is 0.256 e. The highest BCUT2D eigenvalue weighted by molar-refractivity contribution is 6.05. The van der Waals surface area contributed by atoms with Gasteiger partial charge >= 0.3 is 0 Å². The molecule has 1 aliphatic heterocycles. The lowest BCUT2D eigenvalue weighted by Crippen LogP contribution is -2.32. The number of benzene rings is 1. The predicted molar refractivity (Wildman–Crippen MR) is 83.9 cm³/mol. The highest BCUT2D eigenvalue weighted by atomic mass is 16.2. The zero-order valence-corrected chi connectivity index (χ0v) is 12.8. The first-order valence-corrected chi connectivity index (χ1v) is 7.10. The first-order valence-electron chi connectivity index (χ1n) is 7.10. The van der Waals surface area contributed by atoms with Crippen molar-refractivity contribution < 1.29 is 9.59 Å². The van der Waals surface area contributed by atoms with Gasteiger partial charge in [0.05, 0.1) is 0 Å². The van der Waals surface area contributed by atoms with Crippen LogP contribution >= 0.6 is 0 Å². The van der Waals surface area contributed by atoms with E-state index in [1.165, 1.54) is 0 Å². The second-order valence-electron chi connectivity index (χ2n) is 6.20. The number of rotatable bonds is 2. The van der Waals surface area contributed by atoms with Crippen LogP contribution < -0.4 is 10.6 Å². The highest BCUT2D eigenvalue weighted by Gasteiger charge is 2.32. The van der Waals surface area contributed by atoms with Gasteiger partial charge < -0.3 is 10.6 Å². The van der Waals surface area contributed by atoms with Crippen LogP contribution in [0.5, 0.6) is 0 Å². The van der Waals surface area contributed by atoms with E-state index in [0.29, 0.717) is 17.8 Å². The lowest BCUT2D eigenvalue weighted by molar-refractivity contribution is -0.117. The number of aryl methyl sites for hydroxylation is 1. The number of nitrogens with zero attached hydrogens (tertiary/aromatic N) is 2. The van der Waals surface area contributed by atoms with E-state index in [9.17, 15) is 9.59 Å².